The van der Waals surface area contributed by atoms with Crippen molar-refractivity contribution in [2.45, 2.75) is 6.61 Å². The number of carbonyl (C=O) groups excluding carboxylic acids is 2. The van der Waals surface area contributed by atoms with Crippen molar-refractivity contribution in [1.29, 1.82) is 0 Å². The summed E-state index contributed by atoms with van der Waals surface area (Å²) in [7, 11) is 0. The second-order valence-corrected chi connectivity index (χ2v) is 6.00. The normalized spacial score (nSPS) is 11.9. The number of nitrogens with one attached hydrogen (secondary N) is 1. The molecule has 3 aromatic carbocycles. The van der Waals surface area contributed by atoms with E-state index in [1.807, 2.05) is 12.1 Å². The number of anilines is 1. The molecule has 6 heteroatoms. The van der Waals surface area contributed by atoms with Crippen molar-refractivity contribution in [3.05, 3.63) is 83.4 Å². The van der Waals surface area contributed by atoms with Crippen molar-refractivity contribution in [2.24, 2.45) is 0 Å². The summed E-state index contributed by atoms with van der Waals surface area (Å²) in [4.78, 5) is 25.1. The van der Waals surface area contributed by atoms with E-state index in [9.17, 15) is 18.4 Å². The van der Waals surface area contributed by atoms with Crippen LogP contribution in [0.4, 0.5) is 14.5 Å². The molecule has 1 aliphatic rings. The van der Waals surface area contributed by atoms with E-state index in [4.69, 9.17) is 0 Å². The molecule has 0 atom stereocenters. The van der Waals surface area contributed by atoms with Gasteiger partial charge in [0.05, 0.1) is 0 Å². The molecule has 4 rings (SSSR count). The summed E-state index contributed by atoms with van der Waals surface area (Å²) >= 11 is 0. The van der Waals surface area contributed by atoms with E-state index in [2.05, 4.69) is 10.1 Å². The van der Waals surface area contributed by atoms with Crippen molar-refractivity contribution in [2.75, 3.05) is 5.32 Å². The molecule has 4 nitrogen and oxygen atoms in total. The van der Waals surface area contributed by atoms with E-state index in [1.165, 1.54) is 18.2 Å². The van der Waals surface area contributed by atoms with Gasteiger partial charge < -0.3 is 10.1 Å². The number of halogens is 2. The molecule has 0 radical (unpaired) electrons. The Balaban J connectivity index is 1.59. The van der Waals surface area contributed by atoms with E-state index >= 15 is 0 Å². The fraction of sp³-hybridized carbons (Fsp3) is 0.0476. The molecule has 0 heterocycles. The standard InChI is InChI=1S/C21H13F2NO3/c22-21(23)27-14-5-3-4-13(11-14)24-20(26)12-8-9-16-15-6-1-2-7-17(15)19(25)18(16)10-12/h1-11,21H,(H,24,26). The SMILES string of the molecule is O=C(Nc1cccc(OC(F)F)c1)c1ccc2c(c1)C(=O)c1ccccc1-2. The maximum absolute atomic E-state index is 12.5. The predicted octanol–water partition coefficient (Wildman–Crippen LogP) is 4.75. The van der Waals surface area contributed by atoms with Gasteiger partial charge in [0.15, 0.2) is 5.78 Å². The third kappa shape index (κ3) is 3.17. The summed E-state index contributed by atoms with van der Waals surface area (Å²) in [5.74, 6) is -0.624. The van der Waals surface area contributed by atoms with Gasteiger partial charge in [0.2, 0.25) is 0 Å². The Bertz CT molecular complexity index is 1060. The number of rotatable bonds is 4. The van der Waals surface area contributed by atoms with Gasteiger partial charge in [-0.2, -0.15) is 8.78 Å². The molecule has 0 bridgehead atoms. The monoisotopic (exact) mass is 365 g/mol. The lowest BCUT2D eigenvalue weighted by Crippen LogP contribution is -2.13. The fourth-order valence-corrected chi connectivity index (χ4v) is 3.12. The highest BCUT2D eigenvalue weighted by Gasteiger charge is 2.27. The summed E-state index contributed by atoms with van der Waals surface area (Å²) in [6, 6.07) is 17.9. The summed E-state index contributed by atoms with van der Waals surface area (Å²) in [6.07, 6.45) is 0. The number of ketones is 1. The Morgan fingerprint density at radius 2 is 1.59 bits per heavy atom. The fourth-order valence-electron chi connectivity index (χ4n) is 3.12. The summed E-state index contributed by atoms with van der Waals surface area (Å²) in [5.41, 5.74) is 3.34. The van der Waals surface area contributed by atoms with Crippen LogP contribution >= 0.6 is 0 Å². The van der Waals surface area contributed by atoms with E-state index in [1.54, 1.807) is 36.4 Å². The van der Waals surface area contributed by atoms with Crippen molar-refractivity contribution in [1.82, 2.24) is 0 Å². The minimum atomic E-state index is -2.94. The summed E-state index contributed by atoms with van der Waals surface area (Å²) < 4.78 is 29.0. The topological polar surface area (TPSA) is 55.4 Å². The zero-order valence-electron chi connectivity index (χ0n) is 13.9. The van der Waals surface area contributed by atoms with Gasteiger partial charge >= 0.3 is 6.61 Å². The molecule has 134 valence electrons. The molecule has 27 heavy (non-hydrogen) atoms. The van der Waals surface area contributed by atoms with E-state index in [0.29, 0.717) is 22.4 Å². The smallest absolute Gasteiger partial charge is 0.387 e. The van der Waals surface area contributed by atoms with Gasteiger partial charge in [0, 0.05) is 28.4 Å². The quantitative estimate of drug-likeness (QED) is 0.568. The third-order valence-corrected chi connectivity index (χ3v) is 4.31. The molecule has 3 aromatic rings. The number of fused-ring (bicyclic) bond motifs is 3. The molecule has 0 saturated heterocycles. The third-order valence-electron chi connectivity index (χ3n) is 4.31. The molecule has 0 aliphatic heterocycles. The highest BCUT2D eigenvalue weighted by molar-refractivity contribution is 6.22. The lowest BCUT2D eigenvalue weighted by molar-refractivity contribution is -0.0498. The van der Waals surface area contributed by atoms with Crippen LogP contribution in [0.15, 0.2) is 66.7 Å². The Morgan fingerprint density at radius 3 is 2.37 bits per heavy atom. The van der Waals surface area contributed by atoms with Gasteiger partial charge in [0.25, 0.3) is 5.91 Å². The highest BCUT2D eigenvalue weighted by Crippen LogP contribution is 2.36. The highest BCUT2D eigenvalue weighted by atomic mass is 19.3. The molecular formula is C21H13F2NO3. The minimum Gasteiger partial charge on any atom is -0.435 e. The number of amides is 1. The second-order valence-electron chi connectivity index (χ2n) is 6.00. The van der Waals surface area contributed by atoms with Gasteiger partial charge in [0.1, 0.15) is 5.75 Å². The maximum atomic E-state index is 12.5. The molecule has 1 N–H and O–H groups in total. The Labute approximate surface area is 153 Å². The average Bonchev–Trinajstić information content (AvgIpc) is 2.94. The number of hydrogen-bond donors (Lipinski definition) is 1. The lowest BCUT2D eigenvalue weighted by atomic mass is 10.0. The first-order chi connectivity index (χ1) is 13.0. The first kappa shape index (κ1) is 16.9. The summed E-state index contributed by atoms with van der Waals surface area (Å²) in [6.45, 7) is -2.94. The molecule has 0 aromatic heterocycles. The van der Waals surface area contributed by atoms with Crippen LogP contribution in [0.5, 0.6) is 5.75 Å². The molecular weight excluding hydrogens is 352 g/mol. The van der Waals surface area contributed by atoms with Crippen LogP contribution in [-0.2, 0) is 0 Å². The Hall–Kier alpha value is -3.54. The molecule has 0 spiro atoms. The van der Waals surface area contributed by atoms with Crippen LogP contribution < -0.4 is 10.1 Å². The van der Waals surface area contributed by atoms with Crippen molar-refractivity contribution < 1.29 is 23.1 Å². The van der Waals surface area contributed by atoms with Crippen molar-refractivity contribution in [3.8, 4) is 16.9 Å². The lowest BCUT2D eigenvalue weighted by Gasteiger charge is -2.09. The van der Waals surface area contributed by atoms with Gasteiger partial charge in [-0.1, -0.05) is 36.4 Å². The number of ether oxygens (including phenoxy) is 1. The van der Waals surface area contributed by atoms with Crippen LogP contribution in [0.3, 0.4) is 0 Å². The van der Waals surface area contributed by atoms with E-state index in [-0.39, 0.29) is 11.5 Å². The first-order valence-corrected chi connectivity index (χ1v) is 8.17. The van der Waals surface area contributed by atoms with Gasteiger partial charge in [-0.25, -0.2) is 0 Å². The second kappa shape index (κ2) is 6.64. The molecule has 1 amide bonds. The average molecular weight is 365 g/mol. The zero-order valence-corrected chi connectivity index (χ0v) is 13.9. The molecule has 0 fully saturated rings. The van der Waals surface area contributed by atoms with Crippen LogP contribution in [-0.4, -0.2) is 18.3 Å². The van der Waals surface area contributed by atoms with Crippen LogP contribution in [0, 0.1) is 0 Å². The number of benzene rings is 3. The predicted molar refractivity (Wildman–Crippen MR) is 96.3 cm³/mol. The van der Waals surface area contributed by atoms with Crippen molar-refractivity contribution in [3.63, 3.8) is 0 Å². The van der Waals surface area contributed by atoms with E-state index < -0.39 is 12.5 Å². The van der Waals surface area contributed by atoms with Crippen molar-refractivity contribution >= 4 is 17.4 Å². The van der Waals surface area contributed by atoms with Crippen LogP contribution in [0.1, 0.15) is 26.3 Å². The largest absolute Gasteiger partial charge is 0.435 e. The maximum Gasteiger partial charge on any atom is 0.387 e. The summed E-state index contributed by atoms with van der Waals surface area (Å²) in [5, 5.41) is 2.62. The van der Waals surface area contributed by atoms with Crippen LogP contribution in [0.2, 0.25) is 0 Å². The van der Waals surface area contributed by atoms with Gasteiger partial charge in [-0.15, -0.1) is 0 Å². The number of carbonyl (C=O) groups is 2. The van der Waals surface area contributed by atoms with Crippen LogP contribution in [0.25, 0.3) is 11.1 Å². The number of alkyl halides is 2. The Kier molecular flexibility index (Phi) is 4.16. The van der Waals surface area contributed by atoms with E-state index in [0.717, 1.165) is 11.1 Å². The van der Waals surface area contributed by atoms with Gasteiger partial charge in [-0.3, -0.25) is 9.59 Å². The zero-order chi connectivity index (χ0) is 19.0. The minimum absolute atomic E-state index is 0.0534. The Morgan fingerprint density at radius 1 is 0.852 bits per heavy atom. The molecule has 0 saturated carbocycles. The first-order valence-electron chi connectivity index (χ1n) is 8.17. The molecule has 0 unspecified atom stereocenters. The van der Waals surface area contributed by atoms with Gasteiger partial charge in [-0.05, 0) is 35.4 Å². The molecule has 1 aliphatic carbocycles. The number of hydrogen-bond acceptors (Lipinski definition) is 3.